The first-order chi connectivity index (χ1) is 24.3. The summed E-state index contributed by atoms with van der Waals surface area (Å²) in [4.78, 5) is 66.5. The molecule has 0 bridgehead atoms. The van der Waals surface area contributed by atoms with E-state index in [9.17, 15) is 29.1 Å². The van der Waals surface area contributed by atoms with Crippen molar-refractivity contribution >= 4 is 23.7 Å². The number of rotatable bonds is 6. The minimum Gasteiger partial charge on any atom is -0.481 e. The molecule has 5 aliphatic carbocycles. The lowest BCUT2D eigenvalue weighted by Crippen LogP contribution is -2.68. The first-order valence-corrected chi connectivity index (χ1v) is 18.8. The molecule has 4 saturated carbocycles. The number of benzene rings is 1. The molecule has 7 rings (SSSR count). The molecule has 0 spiro atoms. The predicted octanol–water partition coefficient (Wildman–Crippen LogP) is 7.92. The highest BCUT2D eigenvalue weighted by Crippen LogP contribution is 2.75. The highest BCUT2D eigenvalue weighted by atomic mass is 16.6. The smallest absolute Gasteiger partial charge is 0.481 e. The van der Waals surface area contributed by atoms with Crippen molar-refractivity contribution in [3.63, 3.8) is 0 Å². The van der Waals surface area contributed by atoms with Gasteiger partial charge in [0.1, 0.15) is 11.5 Å². The zero-order chi connectivity index (χ0) is 37.6. The monoisotopic (exact) mass is 716 g/mol. The molecule has 0 unspecified atom stereocenters. The Morgan fingerprint density at radius 2 is 1.58 bits per heavy atom. The standard InChI is InChI=1S/C42H52O10/c1-24(43)50-31-14-15-39(4)30(42(31,7)35(47)49-23-29-32(52-36(48)51-29)25-11-9-8-10-12-25)13-16-41(6)33(39)28(44)21-26-27-22-38(3,34(45)46)18-17-37(27,2)19-20-40(26,41)5/h8-12,21,27,30-31,33H,13-20,22-23H2,1-7H3,(H,45,46)/t27-,30+,31-,33+,37+,38-,39-,40+,41+,42-/m0/s1. The number of hydrogen-bond acceptors (Lipinski definition) is 9. The third-order valence-electron chi connectivity index (χ3n) is 15.5. The van der Waals surface area contributed by atoms with Crippen LogP contribution < -0.4 is 5.82 Å². The number of allylic oxidation sites excluding steroid dienone is 2. The molecular formula is C42H52O10. The van der Waals surface area contributed by atoms with Crippen LogP contribution >= 0.6 is 0 Å². The number of esters is 2. The Labute approximate surface area is 304 Å². The molecule has 0 amide bonds. The van der Waals surface area contributed by atoms with Crippen molar-refractivity contribution in [3.05, 3.63) is 58.4 Å². The van der Waals surface area contributed by atoms with Crippen LogP contribution in [0.1, 0.15) is 112 Å². The van der Waals surface area contributed by atoms with Gasteiger partial charge in [0.2, 0.25) is 0 Å². The first-order valence-electron chi connectivity index (χ1n) is 18.8. The lowest BCUT2D eigenvalue weighted by molar-refractivity contribution is -0.224. The van der Waals surface area contributed by atoms with Crippen LogP contribution in [0.15, 0.2) is 55.6 Å². The fourth-order valence-corrected chi connectivity index (χ4v) is 12.2. The van der Waals surface area contributed by atoms with Crippen molar-refractivity contribution < 1.29 is 42.6 Å². The van der Waals surface area contributed by atoms with Crippen molar-refractivity contribution in [1.29, 1.82) is 0 Å². The van der Waals surface area contributed by atoms with Gasteiger partial charge in [0.05, 0.1) is 5.41 Å². The van der Waals surface area contributed by atoms with Gasteiger partial charge in [0.15, 0.2) is 23.9 Å². The molecule has 0 radical (unpaired) electrons. The number of carboxylic acid groups (broad SMARTS) is 1. The number of carbonyl (C=O) groups is 4. The zero-order valence-electron chi connectivity index (χ0n) is 31.5. The van der Waals surface area contributed by atoms with Crippen LogP contribution in [0.2, 0.25) is 0 Å². The number of carbonyl (C=O) groups excluding carboxylic acids is 3. The highest BCUT2D eigenvalue weighted by Gasteiger charge is 2.72. The number of ketones is 1. The van der Waals surface area contributed by atoms with Gasteiger partial charge in [-0.25, -0.2) is 4.79 Å². The second kappa shape index (κ2) is 12.0. The van der Waals surface area contributed by atoms with Crippen molar-refractivity contribution in [2.45, 2.75) is 119 Å². The Balaban J connectivity index is 1.25. The SMILES string of the molecule is CC(=O)O[C@H]1CC[C@@]2(C)[C@@H](CC[C@]3(C)[C@@H]2C(=O)C=C2[C@@H]4C[C@@](C)(C(=O)O)CC[C@]4(C)CC[C@]23C)[C@]1(C)C(=O)OCc1oc(=O)oc1-c1ccccc1. The van der Waals surface area contributed by atoms with Gasteiger partial charge in [-0.1, -0.05) is 63.6 Å². The lowest BCUT2D eigenvalue weighted by atomic mass is 9.33. The van der Waals surface area contributed by atoms with Gasteiger partial charge >= 0.3 is 23.7 Å². The summed E-state index contributed by atoms with van der Waals surface area (Å²) in [5.74, 6) is -3.25. The Hall–Kier alpha value is -3.95. The molecule has 10 nitrogen and oxygen atoms in total. The minimum atomic E-state index is -1.31. The van der Waals surface area contributed by atoms with Crippen molar-refractivity contribution in [3.8, 4) is 11.3 Å². The molecule has 1 heterocycles. The van der Waals surface area contributed by atoms with E-state index in [2.05, 4.69) is 27.7 Å². The van der Waals surface area contributed by atoms with Crippen LogP contribution in [0.3, 0.4) is 0 Å². The van der Waals surface area contributed by atoms with E-state index in [-0.39, 0.29) is 46.6 Å². The molecule has 0 aliphatic heterocycles. The zero-order valence-corrected chi connectivity index (χ0v) is 31.5. The second-order valence-electron chi connectivity index (χ2n) is 18.1. The summed E-state index contributed by atoms with van der Waals surface area (Å²) in [5.41, 5.74) is -1.92. The third kappa shape index (κ3) is 5.12. The number of aliphatic carboxylic acids is 1. The summed E-state index contributed by atoms with van der Waals surface area (Å²) in [5, 5.41) is 10.2. The van der Waals surface area contributed by atoms with Crippen molar-refractivity contribution in [2.75, 3.05) is 0 Å². The van der Waals surface area contributed by atoms with Gasteiger partial charge in [-0.15, -0.1) is 0 Å². The predicted molar refractivity (Wildman–Crippen MR) is 189 cm³/mol. The van der Waals surface area contributed by atoms with Crippen LogP contribution in [0, 0.1) is 50.2 Å². The topological polar surface area (TPSA) is 150 Å². The van der Waals surface area contributed by atoms with Crippen LogP contribution in [0.5, 0.6) is 0 Å². The van der Waals surface area contributed by atoms with Gasteiger partial charge < -0.3 is 23.4 Å². The average molecular weight is 717 g/mol. The van der Waals surface area contributed by atoms with E-state index in [0.29, 0.717) is 44.1 Å². The molecule has 1 aromatic heterocycles. The maximum atomic E-state index is 14.8. The molecule has 10 atom stereocenters. The van der Waals surface area contributed by atoms with Gasteiger partial charge in [0, 0.05) is 18.4 Å². The maximum Gasteiger partial charge on any atom is 0.519 e. The van der Waals surface area contributed by atoms with E-state index in [4.69, 9.17) is 18.3 Å². The fraction of sp³-hybridized carbons (Fsp3) is 0.643. The molecular weight excluding hydrogens is 664 g/mol. The van der Waals surface area contributed by atoms with Gasteiger partial charge in [-0.2, -0.15) is 0 Å². The summed E-state index contributed by atoms with van der Waals surface area (Å²) in [6, 6.07) is 8.94. The van der Waals surface area contributed by atoms with Crippen LogP contribution in [0.25, 0.3) is 11.3 Å². The molecule has 1 aromatic carbocycles. The van der Waals surface area contributed by atoms with Gasteiger partial charge in [-0.05, 0) is 111 Å². The molecule has 4 fully saturated rings. The minimum absolute atomic E-state index is 0.00273. The van der Waals surface area contributed by atoms with Crippen molar-refractivity contribution in [1.82, 2.24) is 0 Å². The number of carboxylic acids is 1. The Morgan fingerprint density at radius 1 is 0.885 bits per heavy atom. The van der Waals surface area contributed by atoms with Crippen molar-refractivity contribution in [2.24, 2.45) is 50.2 Å². The Morgan fingerprint density at radius 3 is 2.25 bits per heavy atom. The van der Waals surface area contributed by atoms with Crippen LogP contribution in [-0.4, -0.2) is 34.9 Å². The quantitative estimate of drug-likeness (QED) is 0.292. The van der Waals surface area contributed by atoms with E-state index >= 15 is 0 Å². The summed E-state index contributed by atoms with van der Waals surface area (Å²) in [6.07, 6.45) is 7.17. The normalized spacial score (nSPS) is 41.0. The maximum absolute atomic E-state index is 14.8. The summed E-state index contributed by atoms with van der Waals surface area (Å²) in [6.45, 7) is 13.6. The molecule has 1 N–H and O–H groups in total. The molecule has 52 heavy (non-hydrogen) atoms. The number of ether oxygens (including phenoxy) is 2. The molecule has 0 saturated heterocycles. The van der Waals surface area contributed by atoms with Gasteiger partial charge in [0.25, 0.3) is 0 Å². The largest absolute Gasteiger partial charge is 0.519 e. The summed E-state index contributed by atoms with van der Waals surface area (Å²) < 4.78 is 22.5. The van der Waals surface area contributed by atoms with Crippen LogP contribution in [-0.2, 0) is 35.3 Å². The fourth-order valence-electron chi connectivity index (χ4n) is 12.2. The van der Waals surface area contributed by atoms with E-state index in [1.54, 1.807) is 31.2 Å². The summed E-state index contributed by atoms with van der Waals surface area (Å²) in [7, 11) is 0. The highest BCUT2D eigenvalue weighted by molar-refractivity contribution is 5.96. The summed E-state index contributed by atoms with van der Waals surface area (Å²) >= 11 is 0. The third-order valence-corrected chi connectivity index (χ3v) is 15.5. The van der Waals surface area contributed by atoms with Gasteiger partial charge in [-0.3, -0.25) is 19.2 Å². The lowest BCUT2D eigenvalue weighted by Gasteiger charge is -2.70. The number of hydrogen-bond donors (Lipinski definition) is 1. The second-order valence-corrected chi connectivity index (χ2v) is 18.1. The Bertz CT molecular complexity index is 1910. The molecule has 10 heteroatoms. The van der Waals surface area contributed by atoms with E-state index in [1.807, 2.05) is 19.1 Å². The first kappa shape index (κ1) is 36.4. The molecule has 280 valence electrons. The van der Waals surface area contributed by atoms with Crippen LogP contribution in [0.4, 0.5) is 0 Å². The Kier molecular flexibility index (Phi) is 8.43. The molecule has 5 aliphatic rings. The average Bonchev–Trinajstić information content (AvgIpc) is 3.47. The van der Waals surface area contributed by atoms with E-state index in [1.165, 1.54) is 6.92 Å². The van der Waals surface area contributed by atoms with E-state index < -0.39 is 57.4 Å². The van der Waals surface area contributed by atoms with E-state index in [0.717, 1.165) is 24.8 Å². The molecule has 2 aromatic rings. The number of fused-ring (bicyclic) bond motifs is 7.